The molecule has 3 unspecified atom stereocenters. The highest BCUT2D eigenvalue weighted by Crippen LogP contribution is 2.39. The van der Waals surface area contributed by atoms with Crippen molar-refractivity contribution in [1.82, 2.24) is 4.31 Å². The predicted octanol–water partition coefficient (Wildman–Crippen LogP) is 9.33. The summed E-state index contributed by atoms with van der Waals surface area (Å²) < 4.78 is 38.4. The standard InChI is InChI=1S/C31H29F2NO2S.C8H16N2/c1-34(30(21-35)31(32,33)26-15-11-23(12-16-26)22-7-3-2-4-8-22)37-29-18-14-24-19-28(17-13-25(24)20-29)36-27-9-5-6-10-27;1-6-3-4-7(10-2)5-8(6)9/h2-4,7-8,11-21,27,30H,5-6,9-10H2,1H3;6,8H,3-5,9H2,1-2H3. The van der Waals surface area contributed by atoms with E-state index in [4.69, 9.17) is 10.5 Å². The van der Waals surface area contributed by atoms with Gasteiger partial charge in [0, 0.05) is 35.7 Å². The maximum absolute atomic E-state index is 15.5. The molecule has 0 saturated heterocycles. The molecule has 2 N–H and O–H groups in total. The summed E-state index contributed by atoms with van der Waals surface area (Å²) in [6.45, 7) is 2.22. The summed E-state index contributed by atoms with van der Waals surface area (Å²) in [6.07, 6.45) is 8.62. The van der Waals surface area contributed by atoms with Gasteiger partial charge in [-0.05, 0) is 110 Å². The van der Waals surface area contributed by atoms with E-state index in [0.717, 1.165) is 70.2 Å². The van der Waals surface area contributed by atoms with Gasteiger partial charge in [-0.25, -0.2) is 4.31 Å². The Hall–Kier alpha value is -3.59. The SMILES string of the molecule is CN(Sc1ccc2cc(OC3CCCC3)ccc2c1)C(C=O)C(F)(F)c1ccc(-c2ccccc2)cc1.CN=C1CCC(C)C(N)C1. The molecule has 47 heavy (non-hydrogen) atoms. The second-order valence-electron chi connectivity index (χ2n) is 12.7. The predicted molar refractivity (Wildman–Crippen MR) is 190 cm³/mol. The van der Waals surface area contributed by atoms with Crippen molar-refractivity contribution in [1.29, 1.82) is 0 Å². The first-order valence-electron chi connectivity index (χ1n) is 16.5. The summed E-state index contributed by atoms with van der Waals surface area (Å²) in [5, 5.41) is 2.02. The Kier molecular flexibility index (Phi) is 11.8. The van der Waals surface area contributed by atoms with E-state index in [1.54, 1.807) is 12.1 Å². The fourth-order valence-electron chi connectivity index (χ4n) is 6.23. The Morgan fingerprint density at radius 2 is 1.60 bits per heavy atom. The molecule has 2 fully saturated rings. The van der Waals surface area contributed by atoms with Crippen molar-refractivity contribution in [2.45, 2.75) is 80.9 Å². The van der Waals surface area contributed by atoms with Crippen LogP contribution in [0.25, 0.3) is 21.9 Å². The molecule has 0 radical (unpaired) electrons. The molecule has 4 aromatic carbocycles. The molecule has 0 aromatic heterocycles. The summed E-state index contributed by atoms with van der Waals surface area (Å²) in [5.41, 5.74) is 8.77. The summed E-state index contributed by atoms with van der Waals surface area (Å²) >= 11 is 1.13. The van der Waals surface area contributed by atoms with Crippen molar-refractivity contribution in [3.05, 3.63) is 96.6 Å². The van der Waals surface area contributed by atoms with Crippen LogP contribution in [0.4, 0.5) is 8.78 Å². The zero-order chi connectivity index (χ0) is 33.4. The Labute approximate surface area is 281 Å². The van der Waals surface area contributed by atoms with E-state index in [-0.39, 0.29) is 11.7 Å². The van der Waals surface area contributed by atoms with E-state index in [1.165, 1.54) is 48.5 Å². The molecule has 2 aliphatic carbocycles. The smallest absolute Gasteiger partial charge is 0.296 e. The first-order valence-corrected chi connectivity index (χ1v) is 17.3. The zero-order valence-corrected chi connectivity index (χ0v) is 28.3. The van der Waals surface area contributed by atoms with Gasteiger partial charge in [0.15, 0.2) is 0 Å². The molecule has 4 aromatic rings. The lowest BCUT2D eigenvalue weighted by molar-refractivity contribution is -0.124. The number of nitrogens with zero attached hydrogens (tertiary/aromatic N) is 2. The second kappa shape index (κ2) is 16.0. The van der Waals surface area contributed by atoms with Crippen LogP contribution >= 0.6 is 11.9 Å². The Morgan fingerprint density at radius 1 is 0.936 bits per heavy atom. The molecule has 0 bridgehead atoms. The molecule has 0 heterocycles. The van der Waals surface area contributed by atoms with E-state index < -0.39 is 12.0 Å². The van der Waals surface area contributed by atoms with Crippen LogP contribution in [-0.2, 0) is 10.7 Å². The molecule has 3 atom stereocenters. The van der Waals surface area contributed by atoms with Crippen molar-refractivity contribution < 1.29 is 18.3 Å². The monoisotopic (exact) mass is 657 g/mol. The van der Waals surface area contributed by atoms with Crippen molar-refractivity contribution in [3.8, 4) is 16.9 Å². The lowest BCUT2D eigenvalue weighted by Gasteiger charge is -2.30. The van der Waals surface area contributed by atoms with Crippen LogP contribution in [0.1, 0.15) is 57.4 Å². The number of aliphatic imine (C=N–C) groups is 1. The lowest BCUT2D eigenvalue weighted by atomic mass is 9.85. The maximum Gasteiger partial charge on any atom is 0.296 e. The number of halogens is 2. The number of carbonyl (C=O) groups is 1. The number of ether oxygens (including phenoxy) is 1. The molecule has 8 heteroatoms. The number of carbonyl (C=O) groups excluding carboxylic acids is 1. The van der Waals surface area contributed by atoms with Gasteiger partial charge in [-0.3, -0.25) is 4.99 Å². The molecule has 0 amide bonds. The van der Waals surface area contributed by atoms with Crippen LogP contribution in [0, 0.1) is 5.92 Å². The molecule has 2 aliphatic rings. The van der Waals surface area contributed by atoms with Crippen LogP contribution in [0.15, 0.2) is 101 Å². The molecular weight excluding hydrogens is 613 g/mol. The van der Waals surface area contributed by atoms with Crippen molar-refractivity contribution in [3.63, 3.8) is 0 Å². The third-order valence-electron chi connectivity index (χ3n) is 9.31. The molecule has 6 rings (SSSR count). The minimum absolute atomic E-state index is 0.190. The lowest BCUT2D eigenvalue weighted by Crippen LogP contribution is -2.42. The van der Waals surface area contributed by atoms with Crippen LogP contribution in [-0.4, -0.2) is 48.6 Å². The average Bonchev–Trinajstić information content (AvgIpc) is 3.60. The normalized spacial score (nSPS) is 20.2. The van der Waals surface area contributed by atoms with Gasteiger partial charge < -0.3 is 15.3 Å². The number of alkyl halides is 2. The number of likely N-dealkylation sites (N-methyl/N-ethyl adjacent to an activating group) is 1. The van der Waals surface area contributed by atoms with Gasteiger partial charge in [0.2, 0.25) is 0 Å². The number of rotatable bonds is 9. The number of hydrogen-bond donors (Lipinski definition) is 1. The van der Waals surface area contributed by atoms with E-state index in [0.29, 0.717) is 18.2 Å². The van der Waals surface area contributed by atoms with Gasteiger partial charge in [0.25, 0.3) is 5.92 Å². The Balaban J connectivity index is 0.000000371. The van der Waals surface area contributed by atoms with Gasteiger partial charge in [-0.1, -0.05) is 73.7 Å². The van der Waals surface area contributed by atoms with Crippen LogP contribution in [0.3, 0.4) is 0 Å². The minimum Gasteiger partial charge on any atom is -0.490 e. The average molecular weight is 658 g/mol. The fraction of sp³-hybridized carbons (Fsp3) is 0.385. The first kappa shape index (κ1) is 34.7. The Morgan fingerprint density at radius 3 is 2.26 bits per heavy atom. The van der Waals surface area contributed by atoms with Gasteiger partial charge in [-0.15, -0.1) is 0 Å². The number of benzene rings is 4. The molecule has 5 nitrogen and oxygen atoms in total. The fourth-order valence-corrected chi connectivity index (χ4v) is 7.16. The Bertz CT molecular complexity index is 1640. The highest BCUT2D eigenvalue weighted by molar-refractivity contribution is 7.97. The van der Waals surface area contributed by atoms with E-state index in [1.807, 2.05) is 73.8 Å². The highest BCUT2D eigenvalue weighted by atomic mass is 32.2. The largest absolute Gasteiger partial charge is 0.490 e. The third kappa shape index (κ3) is 8.86. The summed E-state index contributed by atoms with van der Waals surface area (Å²) in [7, 11) is 3.39. The van der Waals surface area contributed by atoms with E-state index in [9.17, 15) is 4.79 Å². The first-order chi connectivity index (χ1) is 22.7. The maximum atomic E-state index is 15.5. The van der Waals surface area contributed by atoms with Crippen LogP contribution in [0.5, 0.6) is 5.75 Å². The van der Waals surface area contributed by atoms with Gasteiger partial charge >= 0.3 is 0 Å². The van der Waals surface area contributed by atoms with Gasteiger partial charge in [0.1, 0.15) is 18.1 Å². The number of aldehydes is 1. The zero-order valence-electron chi connectivity index (χ0n) is 27.4. The van der Waals surface area contributed by atoms with Crippen LogP contribution in [0.2, 0.25) is 0 Å². The van der Waals surface area contributed by atoms with Crippen molar-refractivity contribution in [2.75, 3.05) is 14.1 Å². The van der Waals surface area contributed by atoms with Crippen molar-refractivity contribution in [2.24, 2.45) is 16.6 Å². The summed E-state index contributed by atoms with van der Waals surface area (Å²) in [5.74, 6) is -1.82. The van der Waals surface area contributed by atoms with Crippen molar-refractivity contribution >= 4 is 34.7 Å². The number of nitrogens with two attached hydrogens (primary N) is 1. The van der Waals surface area contributed by atoms with Crippen LogP contribution < -0.4 is 10.5 Å². The second-order valence-corrected chi connectivity index (χ2v) is 13.9. The topological polar surface area (TPSA) is 67.9 Å². The van der Waals surface area contributed by atoms with Gasteiger partial charge in [0.05, 0.1) is 6.10 Å². The third-order valence-corrected chi connectivity index (χ3v) is 10.3. The molecule has 2 saturated carbocycles. The van der Waals surface area contributed by atoms with E-state index >= 15 is 8.78 Å². The molecule has 248 valence electrons. The number of hydrogen-bond acceptors (Lipinski definition) is 6. The van der Waals surface area contributed by atoms with E-state index in [2.05, 4.69) is 11.9 Å². The summed E-state index contributed by atoms with van der Waals surface area (Å²) in [6, 6.07) is 26.2. The number of fused-ring (bicyclic) bond motifs is 1. The molecule has 0 spiro atoms. The summed E-state index contributed by atoms with van der Waals surface area (Å²) in [4.78, 5) is 16.8. The molecular formula is C39H45F2N3O2S. The van der Waals surface area contributed by atoms with Gasteiger partial charge in [-0.2, -0.15) is 8.78 Å². The molecule has 0 aliphatic heterocycles. The quantitative estimate of drug-likeness (QED) is 0.144. The highest BCUT2D eigenvalue weighted by Gasteiger charge is 2.44. The minimum atomic E-state index is -3.36.